The van der Waals surface area contributed by atoms with Crippen LogP contribution in [0, 0.1) is 0 Å². The number of imide groups is 1. The van der Waals surface area contributed by atoms with Crippen LogP contribution in [-0.4, -0.2) is 52.2 Å². The number of hydrogen-bond acceptors (Lipinski definition) is 8. The van der Waals surface area contributed by atoms with E-state index in [1.165, 1.54) is 12.1 Å². The van der Waals surface area contributed by atoms with E-state index in [1.807, 2.05) is 0 Å². The lowest BCUT2D eigenvalue weighted by atomic mass is 10.1. The van der Waals surface area contributed by atoms with Crippen molar-refractivity contribution in [3.05, 3.63) is 35.4 Å². The number of esters is 1. The number of carbonyl (C=O) groups is 5. The van der Waals surface area contributed by atoms with Crippen LogP contribution in [-0.2, 0) is 23.9 Å². The summed E-state index contributed by atoms with van der Waals surface area (Å²) in [5.41, 5.74) is -1.55. The predicted octanol–water partition coefficient (Wildman–Crippen LogP) is 2.37. The second kappa shape index (κ2) is 8.75. The molecular formula is C21H26N2O8. The highest BCUT2D eigenvalue weighted by Gasteiger charge is 2.41. The van der Waals surface area contributed by atoms with Crippen LogP contribution in [0.5, 0.6) is 0 Å². The van der Waals surface area contributed by atoms with Gasteiger partial charge in [-0.15, -0.1) is 0 Å². The molecule has 0 saturated heterocycles. The number of nitrogens with one attached hydrogen (secondary N) is 1. The van der Waals surface area contributed by atoms with E-state index in [-0.39, 0.29) is 11.1 Å². The summed E-state index contributed by atoms with van der Waals surface area (Å²) in [5.74, 6) is -3.66. The number of amides is 3. The van der Waals surface area contributed by atoms with Gasteiger partial charge in [0, 0.05) is 0 Å². The van der Waals surface area contributed by atoms with Crippen LogP contribution < -0.4 is 5.32 Å². The first-order valence-corrected chi connectivity index (χ1v) is 9.59. The minimum absolute atomic E-state index is 0.0732. The monoisotopic (exact) mass is 434 g/mol. The number of carbonyl (C=O) groups excluding carboxylic acids is 5. The first-order chi connectivity index (χ1) is 14.2. The van der Waals surface area contributed by atoms with E-state index < -0.39 is 53.5 Å². The molecule has 1 atom stereocenters. The zero-order chi connectivity index (χ0) is 23.6. The molecule has 2 rings (SSSR count). The molecular weight excluding hydrogens is 408 g/mol. The highest BCUT2D eigenvalue weighted by Crippen LogP contribution is 2.23. The maximum absolute atomic E-state index is 12.7. The maximum atomic E-state index is 12.7. The Morgan fingerprint density at radius 1 is 0.903 bits per heavy atom. The summed E-state index contributed by atoms with van der Waals surface area (Å²) >= 11 is 0. The molecule has 1 aliphatic heterocycles. The molecule has 0 spiro atoms. The topological polar surface area (TPSA) is 128 Å². The molecule has 0 aliphatic carbocycles. The van der Waals surface area contributed by atoms with Crippen molar-refractivity contribution in [2.45, 2.75) is 65.2 Å². The Morgan fingerprint density at radius 2 is 1.39 bits per heavy atom. The number of fused-ring (bicyclic) bond motifs is 1. The van der Waals surface area contributed by atoms with Crippen molar-refractivity contribution >= 4 is 29.8 Å². The Balaban J connectivity index is 2.17. The van der Waals surface area contributed by atoms with Gasteiger partial charge in [0.25, 0.3) is 11.8 Å². The van der Waals surface area contributed by atoms with Crippen LogP contribution >= 0.6 is 0 Å². The van der Waals surface area contributed by atoms with Crippen molar-refractivity contribution < 1.29 is 38.3 Å². The lowest BCUT2D eigenvalue weighted by Crippen LogP contribution is -2.48. The standard InChI is InChI=1S/C21H26N2O8/c1-20(2,3)29-15(24)11-14(22-19(28)30-21(4,5)6)18(27)31-23-16(25)12-9-7-8-10-13(12)17(23)26/h7-10,14H,11H2,1-6H3,(H,22,28)/t14-/m1/s1. The van der Waals surface area contributed by atoms with E-state index in [0.29, 0.717) is 5.06 Å². The Labute approximate surface area is 179 Å². The third kappa shape index (κ3) is 6.53. The van der Waals surface area contributed by atoms with E-state index >= 15 is 0 Å². The molecule has 1 aliphatic rings. The molecule has 0 saturated carbocycles. The Hall–Kier alpha value is -3.43. The molecule has 31 heavy (non-hydrogen) atoms. The van der Waals surface area contributed by atoms with Crippen molar-refractivity contribution in [2.24, 2.45) is 0 Å². The third-order valence-electron chi connectivity index (χ3n) is 3.70. The van der Waals surface area contributed by atoms with Gasteiger partial charge < -0.3 is 19.6 Å². The Kier molecular flexibility index (Phi) is 6.73. The minimum Gasteiger partial charge on any atom is -0.460 e. The highest BCUT2D eigenvalue weighted by molar-refractivity contribution is 6.21. The summed E-state index contributed by atoms with van der Waals surface area (Å²) in [6, 6.07) is 4.39. The van der Waals surface area contributed by atoms with Gasteiger partial charge in [0.05, 0.1) is 17.5 Å². The van der Waals surface area contributed by atoms with Gasteiger partial charge in [-0.3, -0.25) is 14.4 Å². The Bertz CT molecular complexity index is 846. The van der Waals surface area contributed by atoms with Crippen LogP contribution in [0.15, 0.2) is 24.3 Å². The summed E-state index contributed by atoms with van der Waals surface area (Å²) in [7, 11) is 0. The zero-order valence-corrected chi connectivity index (χ0v) is 18.3. The number of ether oxygens (including phenoxy) is 2. The van der Waals surface area contributed by atoms with E-state index in [0.717, 1.165) is 0 Å². The molecule has 1 N–H and O–H groups in total. The lowest BCUT2D eigenvalue weighted by Gasteiger charge is -2.24. The smallest absolute Gasteiger partial charge is 0.408 e. The number of alkyl carbamates (subject to hydrolysis) is 1. The van der Waals surface area contributed by atoms with E-state index in [9.17, 15) is 24.0 Å². The third-order valence-corrected chi connectivity index (χ3v) is 3.70. The summed E-state index contributed by atoms with van der Waals surface area (Å²) < 4.78 is 10.3. The van der Waals surface area contributed by atoms with Crippen LogP contribution in [0.25, 0.3) is 0 Å². The van der Waals surface area contributed by atoms with Crippen LogP contribution in [0.2, 0.25) is 0 Å². The van der Waals surface area contributed by atoms with Gasteiger partial charge in [-0.05, 0) is 53.7 Å². The molecule has 0 bridgehead atoms. The SMILES string of the molecule is CC(C)(C)OC(=O)C[C@@H](NC(=O)OC(C)(C)C)C(=O)ON1C(=O)c2ccccc2C1=O. The maximum Gasteiger partial charge on any atom is 0.408 e. The fraction of sp³-hybridized carbons (Fsp3) is 0.476. The summed E-state index contributed by atoms with van der Waals surface area (Å²) in [6.07, 6.45) is -1.58. The highest BCUT2D eigenvalue weighted by atomic mass is 16.7. The summed E-state index contributed by atoms with van der Waals surface area (Å²) in [5, 5.41) is 2.53. The lowest BCUT2D eigenvalue weighted by molar-refractivity contribution is -0.174. The van der Waals surface area contributed by atoms with Crippen LogP contribution in [0.4, 0.5) is 4.79 Å². The van der Waals surface area contributed by atoms with Crippen molar-refractivity contribution in [1.82, 2.24) is 10.4 Å². The molecule has 10 nitrogen and oxygen atoms in total. The molecule has 1 heterocycles. The average molecular weight is 434 g/mol. The molecule has 1 aromatic rings. The fourth-order valence-corrected chi connectivity index (χ4v) is 2.60. The van der Waals surface area contributed by atoms with Crippen molar-refractivity contribution in [2.75, 3.05) is 0 Å². The first-order valence-electron chi connectivity index (χ1n) is 9.59. The van der Waals surface area contributed by atoms with Crippen LogP contribution in [0.1, 0.15) is 68.7 Å². The second-order valence-corrected chi connectivity index (χ2v) is 8.85. The van der Waals surface area contributed by atoms with Crippen LogP contribution in [0.3, 0.4) is 0 Å². The number of hydroxylamine groups is 2. The number of hydrogen-bond donors (Lipinski definition) is 1. The van der Waals surface area contributed by atoms with Crippen molar-refractivity contribution in [3.8, 4) is 0 Å². The zero-order valence-electron chi connectivity index (χ0n) is 18.3. The molecule has 10 heteroatoms. The average Bonchev–Trinajstić information content (AvgIpc) is 2.83. The number of nitrogens with zero attached hydrogens (tertiary/aromatic N) is 1. The molecule has 0 radical (unpaired) electrons. The molecule has 3 amide bonds. The predicted molar refractivity (Wildman–Crippen MR) is 107 cm³/mol. The van der Waals surface area contributed by atoms with Crippen molar-refractivity contribution in [1.29, 1.82) is 0 Å². The van der Waals surface area contributed by atoms with Gasteiger partial charge in [-0.25, -0.2) is 9.59 Å². The normalized spacial score (nSPS) is 14.6. The van der Waals surface area contributed by atoms with Gasteiger partial charge >= 0.3 is 18.0 Å². The van der Waals surface area contributed by atoms with Gasteiger partial charge in [0.15, 0.2) is 0 Å². The number of benzene rings is 1. The number of rotatable bonds is 5. The van der Waals surface area contributed by atoms with E-state index in [4.69, 9.17) is 14.3 Å². The van der Waals surface area contributed by atoms with Crippen molar-refractivity contribution in [3.63, 3.8) is 0 Å². The van der Waals surface area contributed by atoms with Gasteiger partial charge in [-0.2, -0.15) is 0 Å². The molecule has 168 valence electrons. The minimum atomic E-state index is -1.56. The molecule has 0 fully saturated rings. The van der Waals surface area contributed by atoms with Gasteiger partial charge in [0.2, 0.25) is 0 Å². The summed E-state index contributed by atoms with van der Waals surface area (Å²) in [4.78, 5) is 66.8. The van der Waals surface area contributed by atoms with E-state index in [2.05, 4.69) is 5.32 Å². The Morgan fingerprint density at radius 3 is 1.84 bits per heavy atom. The van der Waals surface area contributed by atoms with Gasteiger partial charge in [-0.1, -0.05) is 17.2 Å². The summed E-state index contributed by atoms with van der Waals surface area (Å²) in [6.45, 7) is 9.76. The van der Waals surface area contributed by atoms with Gasteiger partial charge in [0.1, 0.15) is 17.2 Å². The quantitative estimate of drug-likeness (QED) is 0.552. The van der Waals surface area contributed by atoms with E-state index in [1.54, 1.807) is 53.7 Å². The first kappa shape index (κ1) is 23.8. The fourth-order valence-electron chi connectivity index (χ4n) is 2.60. The second-order valence-electron chi connectivity index (χ2n) is 8.85. The molecule has 1 aromatic carbocycles. The molecule has 0 unspecified atom stereocenters. The largest absolute Gasteiger partial charge is 0.460 e. The molecule has 0 aromatic heterocycles.